The molecule has 11 nitrogen and oxygen atoms in total. The quantitative estimate of drug-likeness (QED) is 0.295. The van der Waals surface area contributed by atoms with Crippen LogP contribution in [0.15, 0.2) is 48.9 Å². The van der Waals surface area contributed by atoms with E-state index in [4.69, 9.17) is 14.6 Å². The minimum Gasteiger partial charge on any atom is -0.469 e. The zero-order chi connectivity index (χ0) is 30.7. The zero-order valence-corrected chi connectivity index (χ0v) is 25.8. The number of hydrogen-bond donors (Lipinski definition) is 0. The van der Waals surface area contributed by atoms with Gasteiger partial charge in [0.05, 0.1) is 30.2 Å². The molecule has 4 atom stereocenters. The molecule has 0 radical (unpaired) electrons. The lowest BCUT2D eigenvalue weighted by molar-refractivity contribution is 0.00997. The van der Waals surface area contributed by atoms with E-state index in [1.54, 1.807) is 16.8 Å². The summed E-state index contributed by atoms with van der Waals surface area (Å²) in [5.41, 5.74) is 4.34. The molecule has 3 saturated heterocycles. The van der Waals surface area contributed by atoms with Crippen LogP contribution in [-0.2, 0) is 4.74 Å². The lowest BCUT2D eigenvalue weighted by Gasteiger charge is -2.45. The second-order valence-corrected chi connectivity index (χ2v) is 13.2. The predicted molar refractivity (Wildman–Crippen MR) is 163 cm³/mol. The third-order valence-electron chi connectivity index (χ3n) is 9.26. The van der Waals surface area contributed by atoms with Gasteiger partial charge in [0.2, 0.25) is 5.88 Å². The lowest BCUT2D eigenvalue weighted by Crippen LogP contribution is -2.57. The number of nitrogens with zero attached hydrogens (tertiary/aromatic N) is 8. The van der Waals surface area contributed by atoms with Crippen molar-refractivity contribution >= 4 is 11.7 Å². The number of rotatable bonds is 6. The van der Waals surface area contributed by atoms with E-state index >= 15 is 0 Å². The van der Waals surface area contributed by atoms with Crippen molar-refractivity contribution in [1.29, 1.82) is 5.26 Å². The number of hydrogen-bond acceptors (Lipinski definition) is 8. The molecule has 11 heteroatoms. The molecule has 2 bridgehead atoms. The van der Waals surface area contributed by atoms with Gasteiger partial charge in [-0.25, -0.2) is 9.78 Å². The molecule has 0 N–H and O–H groups in total. The monoisotopic (exact) mass is 594 g/mol. The molecule has 0 saturated carbocycles. The van der Waals surface area contributed by atoms with Crippen LogP contribution in [0, 0.1) is 18.3 Å². The summed E-state index contributed by atoms with van der Waals surface area (Å²) < 4.78 is 16.0. The van der Waals surface area contributed by atoms with Gasteiger partial charge in [-0.05, 0) is 77.6 Å². The van der Waals surface area contributed by atoms with E-state index in [0.717, 1.165) is 54.9 Å². The molecule has 3 unspecified atom stereocenters. The average molecular weight is 595 g/mol. The Labute approximate surface area is 257 Å². The van der Waals surface area contributed by atoms with Gasteiger partial charge >= 0.3 is 6.09 Å². The molecular formula is C33H38N8O3. The minimum absolute atomic E-state index is 0.175. The summed E-state index contributed by atoms with van der Waals surface area (Å²) in [5, 5.41) is 14.5. The second kappa shape index (κ2) is 10.6. The molecule has 7 rings (SSSR count). The number of nitriles is 1. The van der Waals surface area contributed by atoms with E-state index in [9.17, 15) is 10.1 Å². The summed E-state index contributed by atoms with van der Waals surface area (Å²) in [7, 11) is 0. The second-order valence-electron chi connectivity index (χ2n) is 13.2. The largest absolute Gasteiger partial charge is 0.469 e. The average Bonchev–Trinajstić information content (AvgIpc) is 3.74. The third-order valence-corrected chi connectivity index (χ3v) is 9.26. The fourth-order valence-electron chi connectivity index (χ4n) is 7.19. The Bertz CT molecular complexity index is 1740. The third kappa shape index (κ3) is 4.87. The molecule has 7 heterocycles. The Morgan fingerprint density at radius 1 is 1.09 bits per heavy atom. The van der Waals surface area contributed by atoms with Gasteiger partial charge in [0.25, 0.3) is 0 Å². The number of aromatic nitrogens is 5. The van der Waals surface area contributed by atoms with Gasteiger partial charge < -0.3 is 14.4 Å². The van der Waals surface area contributed by atoms with Gasteiger partial charge in [-0.3, -0.25) is 19.0 Å². The van der Waals surface area contributed by atoms with E-state index in [1.165, 1.54) is 0 Å². The maximum absolute atomic E-state index is 13.0. The van der Waals surface area contributed by atoms with Crippen molar-refractivity contribution in [2.75, 3.05) is 13.1 Å². The highest BCUT2D eigenvalue weighted by Gasteiger charge is 2.53. The zero-order valence-electron chi connectivity index (χ0n) is 25.8. The molecule has 44 heavy (non-hydrogen) atoms. The van der Waals surface area contributed by atoms with Crippen LogP contribution in [0.4, 0.5) is 4.79 Å². The smallest absolute Gasteiger partial charge is 0.410 e. The van der Waals surface area contributed by atoms with Crippen molar-refractivity contribution in [3.63, 3.8) is 0 Å². The molecule has 0 aliphatic carbocycles. The first kappa shape index (κ1) is 28.3. The summed E-state index contributed by atoms with van der Waals surface area (Å²) in [6.45, 7) is 11.6. The first-order valence-electron chi connectivity index (χ1n) is 15.4. The van der Waals surface area contributed by atoms with Gasteiger partial charge in [-0.2, -0.15) is 10.4 Å². The maximum Gasteiger partial charge on any atom is 0.410 e. The summed E-state index contributed by atoms with van der Waals surface area (Å²) in [4.78, 5) is 26.4. The Hall–Kier alpha value is -4.43. The number of amides is 1. The molecule has 4 aromatic rings. The highest BCUT2D eigenvalue weighted by molar-refractivity contribution is 5.71. The minimum atomic E-state index is -0.490. The Balaban J connectivity index is 1.09. The van der Waals surface area contributed by atoms with Gasteiger partial charge in [0, 0.05) is 48.7 Å². The van der Waals surface area contributed by atoms with Gasteiger partial charge in [0.1, 0.15) is 29.1 Å². The molecule has 3 aliphatic heterocycles. The van der Waals surface area contributed by atoms with Crippen LogP contribution in [-0.4, -0.2) is 76.9 Å². The molecule has 0 spiro atoms. The van der Waals surface area contributed by atoms with Crippen molar-refractivity contribution in [3.05, 3.63) is 66.0 Å². The normalized spacial score (nSPS) is 22.6. The molecule has 4 aromatic heterocycles. The Morgan fingerprint density at radius 3 is 2.64 bits per heavy atom. The lowest BCUT2D eigenvalue weighted by atomic mass is 9.91. The van der Waals surface area contributed by atoms with Crippen LogP contribution in [0.25, 0.3) is 16.8 Å². The predicted octanol–water partition coefficient (Wildman–Crippen LogP) is 5.31. The number of carbonyl (C=O) groups excluding carboxylic acids is 1. The number of pyridine rings is 2. The number of imidazole rings is 1. The number of likely N-dealkylation sites (tertiary alicyclic amines) is 1. The SMILES string of the molecule is Cc1c(-c2cc(O[C@H](C)c3ccccn3)n3c(C#N)cnc3c2)cnn1C1CN(C2CC3CCC2N3C(=O)OC(C)(C)C)C1. The van der Waals surface area contributed by atoms with E-state index in [2.05, 4.69) is 32.5 Å². The highest BCUT2D eigenvalue weighted by Crippen LogP contribution is 2.44. The molecule has 228 valence electrons. The van der Waals surface area contributed by atoms with Crippen molar-refractivity contribution < 1.29 is 14.3 Å². The fourth-order valence-corrected chi connectivity index (χ4v) is 7.19. The van der Waals surface area contributed by atoms with Crippen molar-refractivity contribution in [2.45, 2.75) is 89.8 Å². The summed E-state index contributed by atoms with van der Waals surface area (Å²) in [5.74, 6) is 0.525. The van der Waals surface area contributed by atoms with E-state index < -0.39 is 5.60 Å². The number of ether oxygens (including phenoxy) is 2. The first-order valence-corrected chi connectivity index (χ1v) is 15.4. The highest BCUT2D eigenvalue weighted by atomic mass is 16.6. The van der Waals surface area contributed by atoms with Crippen LogP contribution in [0.3, 0.4) is 0 Å². The van der Waals surface area contributed by atoms with Crippen molar-refractivity contribution in [3.8, 4) is 23.1 Å². The molecule has 1 amide bonds. The molecule has 3 fully saturated rings. The number of fused-ring (bicyclic) bond motifs is 3. The number of carbonyl (C=O) groups is 1. The van der Waals surface area contributed by atoms with Gasteiger partial charge in [-0.1, -0.05) is 6.07 Å². The molecule has 0 aromatic carbocycles. The Kier molecular flexibility index (Phi) is 6.85. The van der Waals surface area contributed by atoms with Crippen LogP contribution in [0.2, 0.25) is 0 Å². The topological polar surface area (TPSA) is 114 Å². The summed E-state index contributed by atoms with van der Waals surface area (Å²) in [6.07, 6.45) is 7.82. The molecular weight excluding hydrogens is 556 g/mol. The maximum atomic E-state index is 13.0. The standard InChI is InChI=1S/C33H38N8O3/c1-20-26(22-12-30-36-16-24(15-34)40(30)31(13-22)43-21(2)27-8-6-7-11-35-27)17-37-41(20)25-18-38(19-25)29-14-23-9-10-28(29)39(23)32(42)44-33(3,4)5/h6-8,11-13,16-17,21,23,25,28-29H,9-10,14,18-19H2,1-5H3/t21-,23?,28?,29?/m1/s1. The van der Waals surface area contributed by atoms with E-state index in [1.807, 2.05) is 69.1 Å². The summed E-state index contributed by atoms with van der Waals surface area (Å²) >= 11 is 0. The Morgan fingerprint density at radius 2 is 1.91 bits per heavy atom. The van der Waals surface area contributed by atoms with Gasteiger partial charge in [-0.15, -0.1) is 0 Å². The first-order chi connectivity index (χ1) is 21.1. The van der Waals surface area contributed by atoms with Crippen LogP contribution < -0.4 is 4.74 Å². The van der Waals surface area contributed by atoms with E-state index in [0.29, 0.717) is 23.3 Å². The van der Waals surface area contributed by atoms with Crippen molar-refractivity contribution in [1.82, 2.24) is 33.9 Å². The van der Waals surface area contributed by atoms with Crippen LogP contribution in [0.5, 0.6) is 5.88 Å². The summed E-state index contributed by atoms with van der Waals surface area (Å²) in [6, 6.07) is 13.0. The fraction of sp³-hybridized carbons (Fsp3) is 0.485. The van der Waals surface area contributed by atoms with E-state index in [-0.39, 0.29) is 30.3 Å². The molecule has 3 aliphatic rings. The van der Waals surface area contributed by atoms with Crippen LogP contribution >= 0.6 is 0 Å². The van der Waals surface area contributed by atoms with Gasteiger partial charge in [0.15, 0.2) is 0 Å². The van der Waals surface area contributed by atoms with Crippen molar-refractivity contribution in [2.24, 2.45) is 0 Å². The van der Waals surface area contributed by atoms with Crippen LogP contribution in [0.1, 0.15) is 76.2 Å².